The number of ether oxygens (including phenoxy) is 1. The van der Waals surface area contributed by atoms with Gasteiger partial charge in [0.05, 0.1) is 19.8 Å². The molecule has 0 saturated heterocycles. The molecule has 7 heteroatoms. The van der Waals surface area contributed by atoms with E-state index in [1.165, 1.54) is 0 Å². The third kappa shape index (κ3) is 6.18. The molecule has 3 aromatic rings. The maximum atomic E-state index is 12.6. The van der Waals surface area contributed by atoms with Crippen LogP contribution in [-0.4, -0.2) is 50.0 Å². The molecule has 1 amide bonds. The predicted molar refractivity (Wildman–Crippen MR) is 140 cm³/mol. The molecule has 0 fully saturated rings. The van der Waals surface area contributed by atoms with Crippen molar-refractivity contribution in [3.05, 3.63) is 96.6 Å². The van der Waals surface area contributed by atoms with Gasteiger partial charge in [-0.1, -0.05) is 112 Å². The number of carbonyl (C=O) groups is 1. The van der Waals surface area contributed by atoms with Gasteiger partial charge in [-0.15, -0.1) is 0 Å². The van der Waals surface area contributed by atoms with Crippen molar-refractivity contribution >= 4 is 24.8 Å². The van der Waals surface area contributed by atoms with Gasteiger partial charge >= 0.3 is 6.09 Å². The van der Waals surface area contributed by atoms with E-state index >= 15 is 0 Å². The third-order valence-electron chi connectivity index (χ3n) is 6.17. The van der Waals surface area contributed by atoms with E-state index in [2.05, 4.69) is 50.4 Å². The minimum Gasteiger partial charge on any atom is -0.445 e. The fourth-order valence-electron chi connectivity index (χ4n) is 4.24. The second kappa shape index (κ2) is 11.6. The first-order valence-electron chi connectivity index (χ1n) is 11.7. The first kappa shape index (κ1) is 26.6. The maximum Gasteiger partial charge on any atom is 0.408 e. The lowest BCUT2D eigenvalue weighted by Crippen LogP contribution is -2.69. The highest BCUT2D eigenvalue weighted by atomic mass is 28.4. The van der Waals surface area contributed by atoms with Crippen molar-refractivity contribution in [3.63, 3.8) is 0 Å². The molecule has 0 spiro atoms. The summed E-state index contributed by atoms with van der Waals surface area (Å²) in [6.07, 6.45) is -0.733. The number of carbonyl (C=O) groups excluding carboxylic acids is 1. The number of rotatable bonds is 10. The highest BCUT2D eigenvalue weighted by molar-refractivity contribution is 6.99. The van der Waals surface area contributed by atoms with Gasteiger partial charge in [-0.25, -0.2) is 4.79 Å². The van der Waals surface area contributed by atoms with Crippen LogP contribution in [0.5, 0.6) is 0 Å². The average Bonchev–Trinajstić information content (AvgIpc) is 2.88. The van der Waals surface area contributed by atoms with Crippen LogP contribution in [0.4, 0.5) is 4.79 Å². The maximum absolute atomic E-state index is 12.6. The highest BCUT2D eigenvalue weighted by Gasteiger charge is 2.51. The van der Waals surface area contributed by atoms with Crippen molar-refractivity contribution in [2.45, 2.75) is 38.0 Å². The first-order valence-corrected chi connectivity index (χ1v) is 13.6. The number of hydrogen-bond acceptors (Lipinski definition) is 5. The van der Waals surface area contributed by atoms with Crippen molar-refractivity contribution in [1.82, 2.24) is 5.32 Å². The van der Waals surface area contributed by atoms with Crippen molar-refractivity contribution in [3.8, 4) is 0 Å². The second-order valence-corrected chi connectivity index (χ2v) is 14.0. The molecule has 0 unspecified atom stereocenters. The standard InChI is InChI=1S/C28H35NO5Si/c1-27(2,3)35(24-15-9-5-10-16-24,25-17-11-6-12-18-25)34-22-28(20-30,21-31)29-26(32)33-19-23-13-7-4-8-14-23/h4-18,30-31H,19-22H2,1-3H3,(H,29,32). The van der Waals surface area contributed by atoms with Gasteiger partial charge in [0.1, 0.15) is 12.1 Å². The molecule has 3 rings (SSSR count). The number of aliphatic hydroxyl groups excluding tert-OH is 2. The Morgan fingerprint density at radius 3 is 1.69 bits per heavy atom. The summed E-state index contributed by atoms with van der Waals surface area (Å²) in [6.45, 7) is 5.38. The van der Waals surface area contributed by atoms with Crippen LogP contribution in [0.1, 0.15) is 26.3 Å². The lowest BCUT2D eigenvalue weighted by atomic mass is 10.0. The smallest absolute Gasteiger partial charge is 0.408 e. The van der Waals surface area contributed by atoms with E-state index in [0.29, 0.717) is 0 Å². The molecule has 0 saturated carbocycles. The Balaban J connectivity index is 1.89. The molecule has 3 N–H and O–H groups in total. The minimum absolute atomic E-state index is 0.0785. The molecule has 0 aromatic heterocycles. The molecule has 6 nitrogen and oxygen atoms in total. The van der Waals surface area contributed by atoms with Gasteiger partial charge in [-0.3, -0.25) is 0 Å². The van der Waals surface area contributed by atoms with Crippen molar-refractivity contribution in [2.24, 2.45) is 0 Å². The van der Waals surface area contributed by atoms with E-state index in [1.807, 2.05) is 66.7 Å². The number of aliphatic hydroxyl groups is 2. The van der Waals surface area contributed by atoms with Gasteiger partial charge in [-0.2, -0.15) is 0 Å². The Morgan fingerprint density at radius 1 is 0.800 bits per heavy atom. The van der Waals surface area contributed by atoms with E-state index in [1.54, 1.807) is 0 Å². The zero-order chi connectivity index (χ0) is 25.4. The normalized spacial score (nSPS) is 12.3. The molecule has 35 heavy (non-hydrogen) atoms. The van der Waals surface area contributed by atoms with Gasteiger partial charge in [0, 0.05) is 0 Å². The summed E-state index contributed by atoms with van der Waals surface area (Å²) in [5, 5.41) is 25.0. The molecule has 0 bridgehead atoms. The van der Waals surface area contributed by atoms with Crippen LogP contribution in [0.3, 0.4) is 0 Å². The third-order valence-corrected chi connectivity index (χ3v) is 11.1. The number of hydrogen-bond donors (Lipinski definition) is 3. The molecule has 0 aliphatic heterocycles. The lowest BCUT2D eigenvalue weighted by molar-refractivity contribution is 0.0400. The molecular weight excluding hydrogens is 458 g/mol. The summed E-state index contributed by atoms with van der Waals surface area (Å²) < 4.78 is 12.2. The van der Waals surface area contributed by atoms with Crippen LogP contribution in [0.2, 0.25) is 5.04 Å². The Hall–Kier alpha value is -2.97. The molecule has 186 valence electrons. The summed E-state index contributed by atoms with van der Waals surface area (Å²) in [5.74, 6) is 0. The molecule has 0 aliphatic carbocycles. The fraction of sp³-hybridized carbons (Fsp3) is 0.321. The van der Waals surface area contributed by atoms with Crippen molar-refractivity contribution in [1.29, 1.82) is 0 Å². The van der Waals surface area contributed by atoms with Crippen molar-refractivity contribution in [2.75, 3.05) is 19.8 Å². The van der Waals surface area contributed by atoms with Gasteiger partial charge < -0.3 is 24.7 Å². The molecule has 3 aromatic carbocycles. The topological polar surface area (TPSA) is 88.0 Å². The van der Waals surface area contributed by atoms with Gasteiger partial charge in [-0.05, 0) is 21.0 Å². The van der Waals surface area contributed by atoms with Crippen LogP contribution in [-0.2, 0) is 15.8 Å². The fourth-order valence-corrected chi connectivity index (χ4v) is 8.89. The summed E-state index contributed by atoms with van der Waals surface area (Å²) in [7, 11) is -2.93. The largest absolute Gasteiger partial charge is 0.445 e. The number of benzene rings is 3. The number of amides is 1. The van der Waals surface area contributed by atoms with E-state index in [-0.39, 0.29) is 18.3 Å². The van der Waals surface area contributed by atoms with E-state index in [4.69, 9.17) is 9.16 Å². The van der Waals surface area contributed by atoms with Crippen LogP contribution in [0.15, 0.2) is 91.0 Å². The second-order valence-electron chi connectivity index (χ2n) is 9.74. The van der Waals surface area contributed by atoms with Crippen LogP contribution in [0, 0.1) is 0 Å². The van der Waals surface area contributed by atoms with E-state index < -0.39 is 33.2 Å². The minimum atomic E-state index is -2.93. The van der Waals surface area contributed by atoms with Crippen LogP contribution < -0.4 is 15.7 Å². The molecule has 0 radical (unpaired) electrons. The Bertz CT molecular complexity index is 1010. The monoisotopic (exact) mass is 493 g/mol. The molecule has 0 atom stereocenters. The summed E-state index contributed by atoms with van der Waals surface area (Å²) in [5.41, 5.74) is -0.578. The molecule has 0 heterocycles. The van der Waals surface area contributed by atoms with Crippen LogP contribution >= 0.6 is 0 Å². The number of alkyl carbamates (subject to hydrolysis) is 1. The Kier molecular flexibility index (Phi) is 8.85. The van der Waals surface area contributed by atoms with Gasteiger partial charge in [0.25, 0.3) is 8.32 Å². The molecule has 0 aliphatic rings. The zero-order valence-electron chi connectivity index (χ0n) is 20.6. The summed E-state index contributed by atoms with van der Waals surface area (Å²) in [4.78, 5) is 12.6. The van der Waals surface area contributed by atoms with E-state index in [0.717, 1.165) is 15.9 Å². The summed E-state index contributed by atoms with van der Waals surface area (Å²) >= 11 is 0. The average molecular weight is 494 g/mol. The van der Waals surface area contributed by atoms with Gasteiger partial charge in [0.2, 0.25) is 0 Å². The zero-order valence-corrected chi connectivity index (χ0v) is 21.6. The first-order chi connectivity index (χ1) is 16.8. The Labute approximate surface area is 208 Å². The quantitative estimate of drug-likeness (QED) is 0.378. The van der Waals surface area contributed by atoms with Crippen LogP contribution in [0.25, 0.3) is 0 Å². The lowest BCUT2D eigenvalue weighted by Gasteiger charge is -2.45. The molecular formula is C28H35NO5Si. The number of nitrogens with one attached hydrogen (secondary N) is 1. The summed E-state index contributed by atoms with van der Waals surface area (Å²) in [6, 6.07) is 29.4. The van der Waals surface area contributed by atoms with Gasteiger partial charge in [0.15, 0.2) is 0 Å². The predicted octanol–water partition coefficient (Wildman–Crippen LogP) is 3.21. The Morgan fingerprint density at radius 2 is 1.26 bits per heavy atom. The highest BCUT2D eigenvalue weighted by Crippen LogP contribution is 2.37. The SMILES string of the molecule is CC(C)(C)[Si](OCC(CO)(CO)NC(=O)OCc1ccccc1)(c1ccccc1)c1ccccc1. The van der Waals surface area contributed by atoms with E-state index in [9.17, 15) is 15.0 Å². The van der Waals surface area contributed by atoms with Crippen molar-refractivity contribution < 1.29 is 24.2 Å².